The van der Waals surface area contributed by atoms with Crippen LogP contribution in [0.15, 0.2) is 23.5 Å². The molecule has 5 heteroatoms. The topological polar surface area (TPSA) is 35.2 Å². The molecule has 0 bridgehead atoms. The first kappa shape index (κ1) is 10.1. The van der Waals surface area contributed by atoms with Gasteiger partial charge in [-0.15, -0.1) is 13.2 Å². The second-order valence-corrected chi connectivity index (χ2v) is 2.66. The second-order valence-electron chi connectivity index (χ2n) is 2.66. The maximum absolute atomic E-state index is 11.8. The predicted octanol–water partition coefficient (Wildman–Crippen LogP) is 2.09. The molecule has 0 heterocycles. The van der Waals surface area contributed by atoms with Gasteiger partial charge < -0.3 is 10.5 Å². The van der Waals surface area contributed by atoms with Crippen LogP contribution in [0.4, 0.5) is 13.2 Å². The maximum atomic E-state index is 11.8. The molecule has 0 fully saturated rings. The molecule has 0 aromatic carbocycles. The fraction of sp³-hybridized carbons (Fsp3) is 0.500. The molecule has 0 spiro atoms. The minimum atomic E-state index is -4.63. The second kappa shape index (κ2) is 3.83. The molecule has 0 atom stereocenters. The molecule has 2 nitrogen and oxygen atoms in total. The molecule has 2 N–H and O–H groups in total. The molecule has 0 saturated heterocycles. The van der Waals surface area contributed by atoms with Gasteiger partial charge in [0.1, 0.15) is 5.76 Å². The van der Waals surface area contributed by atoms with Crippen LogP contribution < -0.4 is 5.73 Å². The Morgan fingerprint density at radius 3 is 2.69 bits per heavy atom. The summed E-state index contributed by atoms with van der Waals surface area (Å²) in [5.41, 5.74) is 5.79. The third kappa shape index (κ3) is 3.10. The van der Waals surface area contributed by atoms with Crippen molar-refractivity contribution in [2.75, 3.05) is 6.54 Å². The fourth-order valence-electron chi connectivity index (χ4n) is 1.12. The highest BCUT2D eigenvalue weighted by Crippen LogP contribution is 2.26. The third-order valence-electron chi connectivity index (χ3n) is 1.70. The van der Waals surface area contributed by atoms with Gasteiger partial charge in [0.25, 0.3) is 0 Å². The Balaban J connectivity index is 2.75. The number of rotatable bonds is 2. The van der Waals surface area contributed by atoms with E-state index in [1.807, 2.05) is 0 Å². The fourth-order valence-corrected chi connectivity index (χ4v) is 1.12. The van der Waals surface area contributed by atoms with Crippen molar-refractivity contribution >= 4 is 0 Å². The van der Waals surface area contributed by atoms with Gasteiger partial charge in [-0.2, -0.15) is 0 Å². The van der Waals surface area contributed by atoms with Crippen molar-refractivity contribution in [2.24, 2.45) is 5.73 Å². The number of halogens is 3. The van der Waals surface area contributed by atoms with Gasteiger partial charge >= 0.3 is 6.36 Å². The number of hydrogen-bond donors (Lipinski definition) is 1. The minimum Gasteiger partial charge on any atom is -0.406 e. The monoisotopic (exact) mass is 193 g/mol. The number of nitrogens with two attached hydrogens (primary N) is 1. The van der Waals surface area contributed by atoms with Crippen molar-refractivity contribution in [1.29, 1.82) is 0 Å². The van der Waals surface area contributed by atoms with E-state index >= 15 is 0 Å². The molecule has 1 rings (SSSR count). The molecule has 1 aliphatic carbocycles. The van der Waals surface area contributed by atoms with E-state index in [1.54, 1.807) is 6.08 Å². The van der Waals surface area contributed by atoms with Gasteiger partial charge in [-0.1, -0.05) is 6.08 Å². The van der Waals surface area contributed by atoms with Crippen LogP contribution in [0.3, 0.4) is 0 Å². The first-order valence-electron chi connectivity index (χ1n) is 3.87. The highest BCUT2D eigenvalue weighted by molar-refractivity contribution is 5.25. The van der Waals surface area contributed by atoms with Crippen molar-refractivity contribution in [3.63, 3.8) is 0 Å². The molecule has 13 heavy (non-hydrogen) atoms. The van der Waals surface area contributed by atoms with E-state index in [-0.39, 0.29) is 12.3 Å². The number of alkyl halides is 3. The third-order valence-corrected chi connectivity index (χ3v) is 1.70. The lowest BCUT2D eigenvalue weighted by atomic mass is 10.0. The molecule has 0 aromatic rings. The van der Waals surface area contributed by atoms with Crippen LogP contribution in [0, 0.1) is 0 Å². The molecular formula is C8H10F3NO. The molecule has 0 unspecified atom stereocenters. The first-order valence-corrected chi connectivity index (χ1v) is 3.87. The molecule has 1 aliphatic rings. The molecule has 0 radical (unpaired) electrons. The van der Waals surface area contributed by atoms with E-state index < -0.39 is 6.36 Å². The van der Waals surface area contributed by atoms with Crippen molar-refractivity contribution in [3.8, 4) is 0 Å². The smallest absolute Gasteiger partial charge is 0.406 e. The Morgan fingerprint density at radius 2 is 2.15 bits per heavy atom. The summed E-state index contributed by atoms with van der Waals surface area (Å²) in [7, 11) is 0. The van der Waals surface area contributed by atoms with Gasteiger partial charge in [0.05, 0.1) is 0 Å². The van der Waals surface area contributed by atoms with Crippen LogP contribution in [-0.2, 0) is 4.74 Å². The average molecular weight is 193 g/mol. The Hall–Kier alpha value is -0.970. The zero-order valence-electron chi connectivity index (χ0n) is 6.90. The summed E-state index contributed by atoms with van der Waals surface area (Å²) >= 11 is 0. The lowest BCUT2D eigenvalue weighted by Crippen LogP contribution is -2.17. The van der Waals surface area contributed by atoms with E-state index in [0.717, 1.165) is 6.42 Å². The maximum Gasteiger partial charge on any atom is 0.573 e. The van der Waals surface area contributed by atoms with Crippen LogP contribution >= 0.6 is 0 Å². The van der Waals surface area contributed by atoms with Gasteiger partial charge in [0.2, 0.25) is 0 Å². The Kier molecular flexibility index (Phi) is 2.98. The van der Waals surface area contributed by atoms with Crippen molar-refractivity contribution in [1.82, 2.24) is 0 Å². The van der Waals surface area contributed by atoms with Gasteiger partial charge in [0.15, 0.2) is 0 Å². The highest BCUT2D eigenvalue weighted by atomic mass is 19.4. The van der Waals surface area contributed by atoms with Crippen molar-refractivity contribution in [3.05, 3.63) is 23.5 Å². The van der Waals surface area contributed by atoms with Crippen LogP contribution in [0.25, 0.3) is 0 Å². The molecule has 74 valence electrons. The van der Waals surface area contributed by atoms with E-state index in [4.69, 9.17) is 5.73 Å². The van der Waals surface area contributed by atoms with Crippen molar-refractivity contribution < 1.29 is 17.9 Å². The lowest BCUT2D eigenvalue weighted by Gasteiger charge is -2.16. The molecule has 0 saturated carbocycles. The first-order chi connectivity index (χ1) is 6.03. The average Bonchev–Trinajstić information content (AvgIpc) is 2.02. The Labute approximate surface area is 73.9 Å². The van der Waals surface area contributed by atoms with E-state index in [0.29, 0.717) is 12.0 Å². The largest absolute Gasteiger partial charge is 0.573 e. The number of allylic oxidation sites excluding steroid dienone is 2. The van der Waals surface area contributed by atoms with Crippen LogP contribution in [0.5, 0.6) is 0 Å². The Morgan fingerprint density at radius 1 is 1.46 bits per heavy atom. The van der Waals surface area contributed by atoms with Gasteiger partial charge in [-0.25, -0.2) is 0 Å². The van der Waals surface area contributed by atoms with E-state index in [1.165, 1.54) is 6.08 Å². The van der Waals surface area contributed by atoms with Crippen LogP contribution in [0.2, 0.25) is 0 Å². The SMILES string of the molecule is NCC1=C(OC(F)(F)F)C=CCC1. The summed E-state index contributed by atoms with van der Waals surface area (Å²) in [5.74, 6) is -0.152. The standard InChI is InChI=1S/C8H10F3NO/c9-8(10,11)13-7-4-2-1-3-6(7)5-12/h2,4H,1,3,5,12H2. The summed E-state index contributed by atoms with van der Waals surface area (Å²) in [6.07, 6.45) is -0.410. The molecule has 0 aromatic heterocycles. The normalized spacial score (nSPS) is 17.8. The van der Waals surface area contributed by atoms with Gasteiger partial charge in [0, 0.05) is 6.54 Å². The number of hydrogen-bond acceptors (Lipinski definition) is 2. The van der Waals surface area contributed by atoms with Gasteiger partial charge in [-0.3, -0.25) is 0 Å². The quantitative estimate of drug-likeness (QED) is 0.728. The minimum absolute atomic E-state index is 0.107. The van der Waals surface area contributed by atoms with E-state index in [2.05, 4.69) is 4.74 Å². The Bertz CT molecular complexity index is 242. The zero-order valence-corrected chi connectivity index (χ0v) is 6.90. The lowest BCUT2D eigenvalue weighted by molar-refractivity contribution is -0.303. The summed E-state index contributed by atoms with van der Waals surface area (Å²) < 4.78 is 39.3. The summed E-state index contributed by atoms with van der Waals surface area (Å²) in [5, 5.41) is 0. The van der Waals surface area contributed by atoms with Crippen LogP contribution in [-0.4, -0.2) is 12.9 Å². The molecule has 0 aliphatic heterocycles. The zero-order chi connectivity index (χ0) is 9.90. The summed E-state index contributed by atoms with van der Waals surface area (Å²) in [6, 6.07) is 0. The molecule has 0 amide bonds. The predicted molar refractivity (Wildman–Crippen MR) is 41.6 cm³/mol. The van der Waals surface area contributed by atoms with Crippen LogP contribution in [0.1, 0.15) is 12.8 Å². The van der Waals surface area contributed by atoms with Crippen molar-refractivity contribution in [2.45, 2.75) is 19.2 Å². The summed E-state index contributed by atoms with van der Waals surface area (Å²) in [4.78, 5) is 0. The van der Waals surface area contributed by atoms with Gasteiger partial charge in [-0.05, 0) is 24.5 Å². The highest BCUT2D eigenvalue weighted by Gasteiger charge is 2.32. The molecular weight excluding hydrogens is 183 g/mol. The van der Waals surface area contributed by atoms with E-state index in [9.17, 15) is 13.2 Å². The number of ether oxygens (including phenoxy) is 1. The summed E-state index contributed by atoms with van der Waals surface area (Å²) in [6.45, 7) is 0.107.